The summed E-state index contributed by atoms with van der Waals surface area (Å²) in [7, 11) is 1.53. The molecule has 0 bridgehead atoms. The quantitative estimate of drug-likeness (QED) is 0.388. The number of hydrogen-bond acceptors (Lipinski definition) is 8. The van der Waals surface area contributed by atoms with Gasteiger partial charge in [-0.2, -0.15) is 0 Å². The first kappa shape index (κ1) is 30.1. The Morgan fingerprint density at radius 2 is 2.00 bits per heavy atom. The Hall–Kier alpha value is -3.86. The maximum Gasteiger partial charge on any atom is 0.308 e. The van der Waals surface area contributed by atoms with Crippen LogP contribution >= 0.6 is 0 Å². The molecule has 2 aliphatic heterocycles. The van der Waals surface area contributed by atoms with E-state index in [1.54, 1.807) is 34.3 Å². The summed E-state index contributed by atoms with van der Waals surface area (Å²) in [5, 5.41) is 10.5. The van der Waals surface area contributed by atoms with Gasteiger partial charge < -0.3 is 29.1 Å². The largest absolute Gasteiger partial charge is 0.493 e. The normalized spacial score (nSPS) is 19.7. The molecule has 1 saturated heterocycles. The molecule has 1 aromatic carbocycles. The van der Waals surface area contributed by atoms with Crippen molar-refractivity contribution in [3.05, 3.63) is 42.2 Å². The Bertz CT molecular complexity index is 1220. The van der Waals surface area contributed by atoms with Gasteiger partial charge >= 0.3 is 5.97 Å². The van der Waals surface area contributed by atoms with Gasteiger partial charge in [-0.05, 0) is 49.6 Å². The van der Waals surface area contributed by atoms with Crippen LogP contribution in [-0.2, 0) is 14.4 Å². The molecule has 2 aliphatic rings. The number of carboxylic acids is 1. The molecule has 11 heteroatoms. The van der Waals surface area contributed by atoms with Gasteiger partial charge in [0.15, 0.2) is 11.5 Å². The van der Waals surface area contributed by atoms with Gasteiger partial charge in [0.05, 0.1) is 31.5 Å². The number of carbonyl (C=O) groups is 3. The number of methoxy groups -OCH3 is 1. The number of carbonyl (C=O) groups excluding carboxylic acids is 2. The number of ether oxygens (including phenoxy) is 3. The number of aromatic nitrogens is 1. The highest BCUT2D eigenvalue weighted by molar-refractivity contribution is 5.94. The molecular formula is C30H40N4O7. The van der Waals surface area contributed by atoms with Crippen LogP contribution in [0.2, 0.25) is 0 Å². The number of pyridine rings is 1. The van der Waals surface area contributed by atoms with Gasteiger partial charge in [0.2, 0.25) is 24.4 Å². The molecule has 2 amide bonds. The summed E-state index contributed by atoms with van der Waals surface area (Å²) in [6.07, 6.45) is 5.49. The number of amides is 2. The lowest BCUT2D eigenvalue weighted by molar-refractivity contribution is -0.143. The second kappa shape index (κ2) is 13.7. The summed E-state index contributed by atoms with van der Waals surface area (Å²) >= 11 is 0. The van der Waals surface area contributed by atoms with Crippen LogP contribution in [0.5, 0.6) is 17.2 Å². The summed E-state index contributed by atoms with van der Waals surface area (Å²) in [5.74, 6) is -0.931. The Kier molecular flexibility index (Phi) is 10.0. The van der Waals surface area contributed by atoms with E-state index in [9.17, 15) is 19.5 Å². The van der Waals surface area contributed by atoms with E-state index in [1.165, 1.54) is 14.0 Å². The Labute approximate surface area is 241 Å². The predicted octanol–water partition coefficient (Wildman–Crippen LogP) is 3.38. The average molecular weight is 569 g/mol. The van der Waals surface area contributed by atoms with E-state index in [0.29, 0.717) is 55.5 Å². The van der Waals surface area contributed by atoms with Crippen LogP contribution in [0.3, 0.4) is 0 Å². The third-order valence-corrected chi connectivity index (χ3v) is 8.00. The maximum absolute atomic E-state index is 13.8. The first-order chi connectivity index (χ1) is 19.8. The van der Waals surface area contributed by atoms with Crippen molar-refractivity contribution in [1.82, 2.24) is 14.8 Å². The van der Waals surface area contributed by atoms with Crippen molar-refractivity contribution < 1.29 is 33.7 Å². The second-order valence-corrected chi connectivity index (χ2v) is 10.4. The van der Waals surface area contributed by atoms with Crippen molar-refractivity contribution in [2.45, 2.75) is 52.0 Å². The van der Waals surface area contributed by atoms with Gasteiger partial charge in [0.1, 0.15) is 0 Å². The SMILES string of the molecule is CCCCN(C(=O)CN1C[C@H](c2cc(OC)c3c(c2)OCO3)C(C(=O)O)[C@@H]1CCN(CC)C(C)=O)c1cccnc1. The minimum absolute atomic E-state index is 0.0391. The molecular weight excluding hydrogens is 528 g/mol. The van der Waals surface area contributed by atoms with Gasteiger partial charge in [-0.25, -0.2) is 0 Å². The number of anilines is 1. The first-order valence-corrected chi connectivity index (χ1v) is 14.2. The van der Waals surface area contributed by atoms with E-state index in [4.69, 9.17) is 14.2 Å². The number of unbranched alkanes of at least 4 members (excludes halogenated alkanes) is 1. The molecule has 11 nitrogen and oxygen atoms in total. The Morgan fingerprint density at radius 1 is 1.20 bits per heavy atom. The number of rotatable bonds is 13. The number of benzene rings is 1. The summed E-state index contributed by atoms with van der Waals surface area (Å²) in [6.45, 7) is 7.37. The molecule has 4 rings (SSSR count). The Balaban J connectivity index is 1.68. The minimum Gasteiger partial charge on any atom is -0.493 e. The first-order valence-electron chi connectivity index (χ1n) is 14.2. The molecule has 3 atom stereocenters. The highest BCUT2D eigenvalue weighted by atomic mass is 16.7. The van der Waals surface area contributed by atoms with Gasteiger partial charge in [0, 0.05) is 51.3 Å². The van der Waals surface area contributed by atoms with Gasteiger partial charge in [0.25, 0.3) is 0 Å². The van der Waals surface area contributed by atoms with E-state index in [0.717, 1.165) is 18.4 Å². The highest BCUT2D eigenvalue weighted by Crippen LogP contribution is 2.47. The van der Waals surface area contributed by atoms with E-state index < -0.39 is 23.8 Å². The molecule has 1 fully saturated rings. The monoisotopic (exact) mass is 568 g/mol. The molecule has 1 aromatic heterocycles. The second-order valence-electron chi connectivity index (χ2n) is 10.4. The van der Waals surface area contributed by atoms with Crippen molar-refractivity contribution in [3.8, 4) is 17.2 Å². The van der Waals surface area contributed by atoms with Crippen molar-refractivity contribution in [1.29, 1.82) is 0 Å². The minimum atomic E-state index is -0.951. The molecule has 0 aliphatic carbocycles. The number of fused-ring (bicyclic) bond motifs is 1. The number of nitrogens with zero attached hydrogens (tertiary/aromatic N) is 4. The number of likely N-dealkylation sites (tertiary alicyclic amines) is 1. The van der Waals surface area contributed by atoms with E-state index in [2.05, 4.69) is 11.9 Å². The van der Waals surface area contributed by atoms with Gasteiger partial charge in [-0.15, -0.1) is 0 Å². The van der Waals surface area contributed by atoms with Crippen LogP contribution < -0.4 is 19.1 Å². The number of hydrogen-bond donors (Lipinski definition) is 1. The number of aliphatic carboxylic acids is 1. The van der Waals surface area contributed by atoms with Crippen LogP contribution in [0.1, 0.15) is 51.5 Å². The fourth-order valence-corrected chi connectivity index (χ4v) is 5.87. The zero-order chi connectivity index (χ0) is 29.5. The lowest BCUT2D eigenvalue weighted by atomic mass is 9.84. The lowest BCUT2D eigenvalue weighted by Gasteiger charge is -2.31. The zero-order valence-electron chi connectivity index (χ0n) is 24.2. The fourth-order valence-electron chi connectivity index (χ4n) is 5.87. The standard InChI is InChI=1S/C30H40N4O7/c1-5-7-12-34(22-9-8-11-31-16-22)27(36)18-33-17-23(21-14-25(39-4)29-26(15-21)40-19-41-29)28(30(37)38)24(33)10-13-32(6-2)20(3)35/h8-9,11,14-16,23-24,28H,5-7,10,12-13,17-19H2,1-4H3,(H,37,38)/t23-,24+,28?/m1/s1. The van der Waals surface area contributed by atoms with Crippen LogP contribution in [0.4, 0.5) is 5.69 Å². The highest BCUT2D eigenvalue weighted by Gasteiger charge is 2.47. The summed E-state index contributed by atoms with van der Waals surface area (Å²) in [4.78, 5) is 48.4. The van der Waals surface area contributed by atoms with Crippen LogP contribution in [0.25, 0.3) is 0 Å². The molecule has 222 valence electrons. The van der Waals surface area contributed by atoms with E-state index >= 15 is 0 Å². The van der Waals surface area contributed by atoms with Crippen molar-refractivity contribution in [2.24, 2.45) is 5.92 Å². The Morgan fingerprint density at radius 3 is 2.63 bits per heavy atom. The third-order valence-electron chi connectivity index (χ3n) is 8.00. The van der Waals surface area contributed by atoms with Crippen molar-refractivity contribution in [2.75, 3.05) is 51.5 Å². The van der Waals surface area contributed by atoms with E-state index in [1.807, 2.05) is 24.0 Å². The van der Waals surface area contributed by atoms with Crippen molar-refractivity contribution in [3.63, 3.8) is 0 Å². The molecule has 1 N–H and O–H groups in total. The average Bonchev–Trinajstić information content (AvgIpc) is 3.58. The molecule has 0 radical (unpaired) electrons. The van der Waals surface area contributed by atoms with Crippen LogP contribution in [0.15, 0.2) is 36.7 Å². The summed E-state index contributed by atoms with van der Waals surface area (Å²) < 4.78 is 16.7. The zero-order valence-corrected chi connectivity index (χ0v) is 24.2. The molecule has 2 aromatic rings. The number of carboxylic acid groups (broad SMARTS) is 1. The topological polar surface area (TPSA) is 122 Å². The van der Waals surface area contributed by atoms with Crippen molar-refractivity contribution >= 4 is 23.5 Å². The third kappa shape index (κ3) is 6.73. The fraction of sp³-hybridized carbons (Fsp3) is 0.533. The molecule has 0 spiro atoms. The van der Waals surface area contributed by atoms with Gasteiger partial charge in [-0.1, -0.05) is 13.3 Å². The molecule has 41 heavy (non-hydrogen) atoms. The summed E-state index contributed by atoms with van der Waals surface area (Å²) in [6, 6.07) is 6.78. The van der Waals surface area contributed by atoms with E-state index in [-0.39, 0.29) is 25.2 Å². The van der Waals surface area contributed by atoms with Crippen LogP contribution in [0, 0.1) is 5.92 Å². The molecule has 0 saturated carbocycles. The lowest BCUT2D eigenvalue weighted by Crippen LogP contribution is -2.46. The smallest absolute Gasteiger partial charge is 0.308 e. The van der Waals surface area contributed by atoms with Crippen LogP contribution in [-0.4, -0.2) is 90.3 Å². The molecule has 3 heterocycles. The predicted molar refractivity (Wildman–Crippen MR) is 152 cm³/mol. The van der Waals surface area contributed by atoms with Gasteiger partial charge in [-0.3, -0.25) is 24.3 Å². The molecule has 1 unspecified atom stereocenters. The summed E-state index contributed by atoms with van der Waals surface area (Å²) in [5.41, 5.74) is 1.45. The maximum atomic E-state index is 13.8.